The van der Waals surface area contributed by atoms with Crippen molar-refractivity contribution in [2.45, 2.75) is 12.8 Å². The van der Waals surface area contributed by atoms with Gasteiger partial charge in [-0.3, -0.25) is 4.79 Å². The Bertz CT molecular complexity index is 813. The van der Waals surface area contributed by atoms with E-state index in [4.69, 9.17) is 9.47 Å². The number of carbonyl (C=O) groups is 2. The van der Waals surface area contributed by atoms with E-state index < -0.39 is 5.97 Å². The second-order valence-corrected chi connectivity index (χ2v) is 6.07. The van der Waals surface area contributed by atoms with Crippen molar-refractivity contribution in [3.63, 3.8) is 0 Å². The lowest BCUT2D eigenvalue weighted by Crippen LogP contribution is -2.22. The van der Waals surface area contributed by atoms with E-state index in [9.17, 15) is 9.59 Å². The normalized spacial score (nSPS) is 13.4. The Morgan fingerprint density at radius 1 is 1.04 bits per heavy atom. The minimum atomic E-state index is -0.439. The minimum Gasteiger partial charge on any atom is -0.496 e. The second-order valence-electron chi connectivity index (χ2n) is 6.07. The largest absolute Gasteiger partial charge is 0.496 e. The molecule has 0 spiro atoms. The number of nitrogens with zero attached hydrogens (tertiary/aromatic N) is 1. The first-order chi connectivity index (χ1) is 12.6. The summed E-state index contributed by atoms with van der Waals surface area (Å²) in [5.74, 6) is -0.229. The predicted molar refractivity (Wildman–Crippen MR) is 100 cm³/mol. The standard InChI is InChI=1S/C20H22N2O4/c1-25-18-8-4-3-7-15(18)19(23)21-16-13-14(20(24)26-2)9-10-17(16)22-11-5-6-12-22/h3-4,7-10,13H,5-6,11-12H2,1-2H3,(H,21,23). The van der Waals surface area contributed by atoms with Gasteiger partial charge < -0.3 is 19.7 Å². The van der Waals surface area contributed by atoms with Gasteiger partial charge in [-0.2, -0.15) is 0 Å². The van der Waals surface area contributed by atoms with Gasteiger partial charge in [-0.15, -0.1) is 0 Å². The lowest BCUT2D eigenvalue weighted by Gasteiger charge is -2.22. The van der Waals surface area contributed by atoms with Crippen LogP contribution in [0.1, 0.15) is 33.6 Å². The number of rotatable bonds is 5. The number of amides is 1. The number of hydrogen-bond acceptors (Lipinski definition) is 5. The lowest BCUT2D eigenvalue weighted by molar-refractivity contribution is 0.0600. The highest BCUT2D eigenvalue weighted by Gasteiger charge is 2.20. The summed E-state index contributed by atoms with van der Waals surface area (Å²) in [7, 11) is 2.86. The first kappa shape index (κ1) is 17.8. The zero-order valence-corrected chi connectivity index (χ0v) is 15.0. The van der Waals surface area contributed by atoms with E-state index >= 15 is 0 Å². The number of hydrogen-bond donors (Lipinski definition) is 1. The van der Waals surface area contributed by atoms with Gasteiger partial charge in [-0.1, -0.05) is 12.1 Å². The molecule has 0 radical (unpaired) electrons. The highest BCUT2D eigenvalue weighted by Crippen LogP contribution is 2.31. The fourth-order valence-electron chi connectivity index (χ4n) is 3.14. The van der Waals surface area contributed by atoms with Crippen LogP contribution in [0.25, 0.3) is 0 Å². The molecule has 26 heavy (non-hydrogen) atoms. The monoisotopic (exact) mass is 354 g/mol. The van der Waals surface area contributed by atoms with Crippen molar-refractivity contribution in [2.24, 2.45) is 0 Å². The summed E-state index contributed by atoms with van der Waals surface area (Å²) in [6, 6.07) is 12.3. The first-order valence-electron chi connectivity index (χ1n) is 8.55. The molecule has 6 nitrogen and oxygen atoms in total. The van der Waals surface area contributed by atoms with Gasteiger partial charge in [0.25, 0.3) is 5.91 Å². The highest BCUT2D eigenvalue weighted by atomic mass is 16.5. The molecule has 1 amide bonds. The van der Waals surface area contributed by atoms with Gasteiger partial charge >= 0.3 is 5.97 Å². The van der Waals surface area contributed by atoms with Crippen molar-refractivity contribution in [1.29, 1.82) is 0 Å². The van der Waals surface area contributed by atoms with E-state index in [1.54, 1.807) is 30.3 Å². The summed E-state index contributed by atoms with van der Waals surface area (Å²) in [4.78, 5) is 26.9. The zero-order valence-electron chi connectivity index (χ0n) is 15.0. The van der Waals surface area contributed by atoms with Crippen molar-refractivity contribution in [3.05, 3.63) is 53.6 Å². The van der Waals surface area contributed by atoms with Crippen LogP contribution < -0.4 is 15.0 Å². The van der Waals surface area contributed by atoms with E-state index in [2.05, 4.69) is 10.2 Å². The summed E-state index contributed by atoms with van der Waals surface area (Å²) < 4.78 is 10.1. The molecular weight excluding hydrogens is 332 g/mol. The maximum atomic E-state index is 12.8. The molecule has 1 heterocycles. The van der Waals surface area contributed by atoms with Crippen LogP contribution in [0.4, 0.5) is 11.4 Å². The molecule has 1 aliphatic rings. The predicted octanol–water partition coefficient (Wildman–Crippen LogP) is 3.33. The van der Waals surface area contributed by atoms with E-state index in [1.165, 1.54) is 14.2 Å². The topological polar surface area (TPSA) is 67.9 Å². The first-order valence-corrected chi connectivity index (χ1v) is 8.55. The van der Waals surface area contributed by atoms with E-state index in [-0.39, 0.29) is 5.91 Å². The number of methoxy groups -OCH3 is 2. The molecule has 136 valence electrons. The van der Waals surface area contributed by atoms with Crippen LogP contribution >= 0.6 is 0 Å². The Hall–Kier alpha value is -3.02. The van der Waals surface area contributed by atoms with Crippen LogP contribution in [0.5, 0.6) is 5.75 Å². The number of ether oxygens (including phenoxy) is 2. The Morgan fingerprint density at radius 2 is 1.77 bits per heavy atom. The van der Waals surface area contributed by atoms with E-state index in [1.807, 2.05) is 12.1 Å². The molecule has 3 rings (SSSR count). The van der Waals surface area contributed by atoms with Gasteiger partial charge in [0, 0.05) is 13.1 Å². The van der Waals surface area contributed by atoms with Crippen LogP contribution in [0.15, 0.2) is 42.5 Å². The van der Waals surface area contributed by atoms with Gasteiger partial charge in [0.1, 0.15) is 5.75 Å². The van der Waals surface area contributed by atoms with E-state index in [0.29, 0.717) is 22.6 Å². The van der Waals surface area contributed by atoms with Crippen LogP contribution in [0, 0.1) is 0 Å². The molecular formula is C20H22N2O4. The number of benzene rings is 2. The smallest absolute Gasteiger partial charge is 0.337 e. The summed E-state index contributed by atoms with van der Waals surface area (Å²) in [6.07, 6.45) is 2.22. The fraction of sp³-hybridized carbons (Fsp3) is 0.300. The van der Waals surface area contributed by atoms with Crippen molar-refractivity contribution in [2.75, 3.05) is 37.5 Å². The minimum absolute atomic E-state index is 0.287. The average molecular weight is 354 g/mol. The number of carbonyl (C=O) groups excluding carboxylic acids is 2. The third-order valence-electron chi connectivity index (χ3n) is 4.46. The summed E-state index contributed by atoms with van der Waals surface area (Å²) >= 11 is 0. The third-order valence-corrected chi connectivity index (χ3v) is 4.46. The quantitative estimate of drug-likeness (QED) is 0.834. The molecule has 0 unspecified atom stereocenters. The molecule has 2 aromatic carbocycles. The molecule has 0 atom stereocenters. The molecule has 1 fully saturated rings. The van der Waals surface area contributed by atoms with Crippen molar-refractivity contribution >= 4 is 23.3 Å². The van der Waals surface area contributed by atoms with Gasteiger partial charge in [0.15, 0.2) is 0 Å². The van der Waals surface area contributed by atoms with Crippen LogP contribution in [-0.4, -0.2) is 39.2 Å². The van der Waals surface area contributed by atoms with Gasteiger partial charge in [0.2, 0.25) is 0 Å². The van der Waals surface area contributed by atoms with Crippen LogP contribution in [0.3, 0.4) is 0 Å². The Balaban J connectivity index is 1.95. The average Bonchev–Trinajstić information content (AvgIpc) is 3.21. The van der Waals surface area contributed by atoms with Gasteiger partial charge in [0.05, 0.1) is 36.7 Å². The summed E-state index contributed by atoms with van der Waals surface area (Å²) in [5, 5.41) is 2.93. The molecule has 6 heteroatoms. The second kappa shape index (κ2) is 7.91. The van der Waals surface area contributed by atoms with Gasteiger partial charge in [-0.05, 0) is 43.2 Å². The number of para-hydroxylation sites is 1. The van der Waals surface area contributed by atoms with Gasteiger partial charge in [-0.25, -0.2) is 4.79 Å². The number of anilines is 2. The Labute approximate surface area is 152 Å². The highest BCUT2D eigenvalue weighted by molar-refractivity contribution is 6.08. The molecule has 0 aromatic heterocycles. The molecule has 0 saturated carbocycles. The summed E-state index contributed by atoms with van der Waals surface area (Å²) in [5.41, 5.74) is 2.32. The van der Waals surface area contributed by atoms with Crippen LogP contribution in [-0.2, 0) is 4.74 Å². The maximum absolute atomic E-state index is 12.8. The number of esters is 1. The van der Waals surface area contributed by atoms with Crippen molar-refractivity contribution in [3.8, 4) is 5.75 Å². The van der Waals surface area contributed by atoms with Crippen molar-refractivity contribution < 1.29 is 19.1 Å². The van der Waals surface area contributed by atoms with E-state index in [0.717, 1.165) is 31.6 Å². The Morgan fingerprint density at radius 3 is 2.46 bits per heavy atom. The molecule has 1 saturated heterocycles. The molecule has 1 aliphatic heterocycles. The molecule has 2 aromatic rings. The zero-order chi connectivity index (χ0) is 18.5. The van der Waals surface area contributed by atoms with Crippen molar-refractivity contribution in [1.82, 2.24) is 0 Å². The number of nitrogens with one attached hydrogen (secondary N) is 1. The molecule has 1 N–H and O–H groups in total. The maximum Gasteiger partial charge on any atom is 0.337 e. The van der Waals surface area contributed by atoms with Crippen LogP contribution in [0.2, 0.25) is 0 Å². The molecule has 0 bridgehead atoms. The SMILES string of the molecule is COC(=O)c1ccc(N2CCCC2)c(NC(=O)c2ccccc2OC)c1. The molecule has 0 aliphatic carbocycles. The lowest BCUT2D eigenvalue weighted by atomic mass is 10.1. The Kier molecular flexibility index (Phi) is 5.41. The summed E-state index contributed by atoms with van der Waals surface area (Å²) in [6.45, 7) is 1.85. The fourth-order valence-corrected chi connectivity index (χ4v) is 3.14. The third kappa shape index (κ3) is 3.64.